The molecule has 1 aliphatic heterocycles. The predicted molar refractivity (Wildman–Crippen MR) is 277 cm³/mol. The second-order valence-electron chi connectivity index (χ2n) is 23.3. The van der Waals surface area contributed by atoms with E-state index in [1.807, 2.05) is 25.1 Å². The minimum absolute atomic E-state index is 0.00883. The largest absolute Gasteiger partial charge is 0.481 e. The van der Waals surface area contributed by atoms with Gasteiger partial charge >= 0.3 is 18.2 Å². The van der Waals surface area contributed by atoms with E-state index in [-0.39, 0.29) is 67.0 Å². The van der Waals surface area contributed by atoms with Gasteiger partial charge < -0.3 is 60.6 Å². The van der Waals surface area contributed by atoms with Crippen molar-refractivity contribution >= 4 is 53.1 Å². The summed E-state index contributed by atoms with van der Waals surface area (Å²) in [6.45, 7) is 2.38. The minimum Gasteiger partial charge on any atom is -0.481 e. The predicted octanol–water partition coefficient (Wildman–Crippen LogP) is 3.35. The van der Waals surface area contributed by atoms with Gasteiger partial charge in [-0.15, -0.1) is 0 Å². The number of fused-ring (bicyclic) bond motifs is 7. The number of carboxylic acids is 1. The molecular formula is C56H71N7O15. The number of carboxylic acid groups (broad SMARTS) is 1. The maximum Gasteiger partial charge on any atom is 0.409 e. The Bertz CT molecular complexity index is 2750. The first-order valence-corrected chi connectivity index (χ1v) is 26.6. The van der Waals surface area contributed by atoms with Crippen LogP contribution in [0.2, 0.25) is 0 Å². The molecule has 7 fully saturated rings. The van der Waals surface area contributed by atoms with E-state index in [0.717, 1.165) is 43.2 Å². The van der Waals surface area contributed by atoms with Crippen LogP contribution in [0, 0.1) is 34.0 Å². The molecule has 1 heterocycles. The smallest absolute Gasteiger partial charge is 0.409 e. The molecule has 10 rings (SSSR count). The molecule has 0 unspecified atom stereocenters. The quantitative estimate of drug-likeness (QED) is 0.0882. The number of aliphatic carboxylic acids is 1. The first kappa shape index (κ1) is 56.2. The number of allylic oxidation sites excluding steroid dienone is 4. The highest BCUT2D eigenvalue weighted by Gasteiger charge is 2.76. The molecular weight excluding hydrogens is 1010 g/mol. The van der Waals surface area contributed by atoms with Crippen LogP contribution in [0.4, 0.5) is 15.3 Å². The third-order valence-corrected chi connectivity index (χ3v) is 17.9. The fourth-order valence-corrected chi connectivity index (χ4v) is 14.3. The third-order valence-electron chi connectivity index (χ3n) is 17.9. The highest BCUT2D eigenvalue weighted by Crippen LogP contribution is 2.71. The lowest BCUT2D eigenvalue weighted by Crippen LogP contribution is -2.72. The maximum absolute atomic E-state index is 15.1. The standard InChI is InChI=1S/C56H71N7O15/c1-52-18-17-37(64)21-35(52)11-14-38-39-22-43-56(53(39,2)24-41(65)47(38)52,78-49(77-43)34-9-5-32(6-10-34)23-54-29-55(57,30-54)31-54)42(66)27-75-51(73)63(4)20-19-62(3)50(72)74-26-33-7-12-36(13-8-33)60-48(71)40(15-16-46(69)70)61-44(67)25-59-45(68)28-76-58/h5-10,12-13,17-18,21,38-41,43,47,49,65H,11,14-16,19-20,22-31,57-58H2,1-4H3,(H,59,68)(H,60,71)(H,61,67)(H,69,70)/t38-,39-,40-,41-,43+,47+,49+,52-,53-,54?,55?,56+/m0/s1. The Morgan fingerprint density at radius 2 is 1.56 bits per heavy atom. The van der Waals surface area contributed by atoms with Crippen molar-refractivity contribution in [3.63, 3.8) is 0 Å². The molecule has 78 heavy (non-hydrogen) atoms. The van der Waals surface area contributed by atoms with Gasteiger partial charge in [0.05, 0.1) is 18.8 Å². The topological polar surface area (TPSA) is 318 Å². The number of hydrogen-bond acceptors (Lipinski definition) is 16. The number of aliphatic hydroxyl groups is 1. The van der Waals surface area contributed by atoms with Gasteiger partial charge in [0.25, 0.3) is 0 Å². The van der Waals surface area contributed by atoms with Gasteiger partial charge in [0.1, 0.15) is 19.3 Å². The van der Waals surface area contributed by atoms with Crippen molar-refractivity contribution in [1.29, 1.82) is 0 Å². The van der Waals surface area contributed by atoms with E-state index in [2.05, 4.69) is 39.8 Å². The van der Waals surface area contributed by atoms with Crippen molar-refractivity contribution < 1.29 is 72.4 Å². The zero-order valence-corrected chi connectivity index (χ0v) is 44.5. The lowest BCUT2D eigenvalue weighted by Gasteiger charge is -2.69. The van der Waals surface area contributed by atoms with Gasteiger partial charge in [-0.05, 0) is 110 Å². The number of nitrogens with zero attached hydrogens (tertiary/aromatic N) is 2. The summed E-state index contributed by atoms with van der Waals surface area (Å²) in [7, 11) is 2.98. The molecule has 22 heteroatoms. The molecule has 10 atom stereocenters. The van der Waals surface area contributed by atoms with E-state index in [4.69, 9.17) is 35.7 Å². The summed E-state index contributed by atoms with van der Waals surface area (Å²) < 4.78 is 25.0. The second kappa shape index (κ2) is 21.9. The van der Waals surface area contributed by atoms with Crippen molar-refractivity contribution in [2.24, 2.45) is 45.6 Å². The number of likely N-dealkylation sites (N-methyl/N-ethyl adjacent to an activating group) is 2. The van der Waals surface area contributed by atoms with Crippen LogP contribution in [0.15, 0.2) is 72.3 Å². The molecule has 0 spiro atoms. The average molecular weight is 1080 g/mol. The number of ketones is 2. The number of Topliss-reactive ketones (excluding diaryl/α,β-unsaturated/α-hetero) is 1. The zero-order valence-electron chi connectivity index (χ0n) is 44.5. The van der Waals surface area contributed by atoms with E-state index in [1.54, 1.807) is 24.3 Å². The summed E-state index contributed by atoms with van der Waals surface area (Å²) in [5.74, 6) is 0.705. The number of nitrogens with one attached hydrogen (secondary N) is 3. The number of carbonyl (C=O) groups excluding carboxylic acids is 7. The van der Waals surface area contributed by atoms with Crippen molar-refractivity contribution in [1.82, 2.24) is 20.4 Å². The van der Waals surface area contributed by atoms with Gasteiger partial charge in [0.2, 0.25) is 23.5 Å². The number of benzene rings is 2. The van der Waals surface area contributed by atoms with E-state index in [1.165, 1.54) is 41.6 Å². The fraction of sp³-hybridized carbons (Fsp3) is 0.571. The molecule has 2 aromatic carbocycles. The van der Waals surface area contributed by atoms with Gasteiger partial charge in [-0.1, -0.05) is 61.9 Å². The Morgan fingerprint density at radius 1 is 0.897 bits per heavy atom. The summed E-state index contributed by atoms with van der Waals surface area (Å²) in [4.78, 5) is 109. The Hall–Kier alpha value is -6.56. The van der Waals surface area contributed by atoms with Crippen molar-refractivity contribution in [2.45, 2.75) is 120 Å². The molecule has 7 aliphatic carbocycles. The van der Waals surface area contributed by atoms with Gasteiger partial charge in [0, 0.05) is 67.1 Å². The Kier molecular flexibility index (Phi) is 15.8. The monoisotopic (exact) mass is 1080 g/mol. The SMILES string of the molecule is CN(CCN(C)C(=O)OCc1ccc(NC(=O)[C@H](CCC(=O)O)NC(=O)CNC(=O)CON)cc1)C(=O)OCC(=O)[C@@]12O[C@H](c3ccc(CC45CC(N)(C4)C5)cc3)O[C@@H]1C[C@H]1[C@@H]3CCC4=CC(=O)C=C[C@]4(C)[C@H]3[C@@H](O)C[C@@]12C. The molecule has 8 aliphatic rings. The van der Waals surface area contributed by atoms with Crippen LogP contribution in [0.5, 0.6) is 0 Å². The van der Waals surface area contributed by atoms with E-state index in [0.29, 0.717) is 24.1 Å². The molecule has 6 saturated carbocycles. The molecule has 22 nitrogen and oxygen atoms in total. The van der Waals surface area contributed by atoms with E-state index in [9.17, 15) is 38.7 Å². The number of ether oxygens (including phenoxy) is 4. The van der Waals surface area contributed by atoms with Crippen molar-refractivity contribution in [3.05, 3.63) is 89.0 Å². The van der Waals surface area contributed by atoms with Crippen LogP contribution in [0.25, 0.3) is 0 Å². The number of rotatable bonds is 21. The van der Waals surface area contributed by atoms with Gasteiger partial charge in [0.15, 0.2) is 24.3 Å². The average Bonchev–Trinajstić information content (AvgIpc) is 3.92. The van der Waals surface area contributed by atoms with E-state index >= 15 is 4.79 Å². The second-order valence-corrected chi connectivity index (χ2v) is 23.3. The third kappa shape index (κ3) is 10.9. The number of aliphatic hydroxyl groups excluding tert-OH is 1. The van der Waals surface area contributed by atoms with Crippen molar-refractivity contribution in [2.75, 3.05) is 52.3 Å². The molecule has 2 bridgehead atoms. The number of amides is 5. The number of hydrogen-bond donors (Lipinski definition) is 7. The van der Waals surface area contributed by atoms with Crippen LogP contribution in [0.3, 0.4) is 0 Å². The molecule has 420 valence electrons. The molecule has 0 aromatic heterocycles. The highest BCUT2D eigenvalue weighted by atomic mass is 16.7. The van der Waals surface area contributed by atoms with Crippen molar-refractivity contribution in [3.8, 4) is 0 Å². The Morgan fingerprint density at radius 3 is 2.22 bits per heavy atom. The highest BCUT2D eigenvalue weighted by molar-refractivity contribution is 6.01. The maximum atomic E-state index is 15.1. The normalized spacial score (nSPS) is 32.0. The summed E-state index contributed by atoms with van der Waals surface area (Å²) in [5.41, 5.74) is 7.43. The summed E-state index contributed by atoms with van der Waals surface area (Å²) >= 11 is 0. The van der Waals surface area contributed by atoms with Crippen LogP contribution >= 0.6 is 0 Å². The van der Waals surface area contributed by atoms with Gasteiger partial charge in [-0.25, -0.2) is 15.5 Å². The van der Waals surface area contributed by atoms with Crippen LogP contribution in [-0.2, 0) is 65.6 Å². The Labute approximate surface area is 451 Å². The van der Waals surface area contributed by atoms with Gasteiger partial charge in [-0.2, -0.15) is 0 Å². The van der Waals surface area contributed by atoms with Crippen LogP contribution < -0.4 is 27.6 Å². The number of anilines is 1. The minimum atomic E-state index is -1.57. The molecule has 9 N–H and O–H groups in total. The van der Waals surface area contributed by atoms with Crippen LogP contribution in [-0.4, -0.2) is 144 Å². The summed E-state index contributed by atoms with van der Waals surface area (Å²) in [5, 5.41) is 28.7. The van der Waals surface area contributed by atoms with E-state index < -0.39 is 109 Å². The lowest BCUT2D eigenvalue weighted by atomic mass is 9.38. The molecule has 0 radical (unpaired) electrons. The molecule has 5 amide bonds. The summed E-state index contributed by atoms with van der Waals surface area (Å²) in [6.07, 6.45) is 6.82. The zero-order chi connectivity index (χ0) is 56.0. The summed E-state index contributed by atoms with van der Waals surface area (Å²) in [6, 6.07) is 13.1. The first-order valence-electron chi connectivity index (χ1n) is 26.6. The lowest BCUT2D eigenvalue weighted by molar-refractivity contribution is -0.201. The molecule has 2 aromatic rings. The number of nitrogens with two attached hydrogens (primary N) is 2. The van der Waals surface area contributed by atoms with Crippen LogP contribution in [0.1, 0.15) is 94.6 Å². The molecule has 1 saturated heterocycles. The fourth-order valence-electron chi connectivity index (χ4n) is 14.3. The van der Waals surface area contributed by atoms with Gasteiger partial charge in [-0.3, -0.25) is 33.6 Å². The number of carbonyl (C=O) groups is 8. The Balaban J connectivity index is 0.789. The first-order chi connectivity index (χ1) is 37.0.